The monoisotopic (exact) mass is 239 g/mol. The normalized spacial score (nSPS) is 9.72. The lowest BCUT2D eigenvalue weighted by molar-refractivity contribution is 0.0436. The molecule has 2 aromatic rings. The zero-order valence-electron chi connectivity index (χ0n) is 9.76. The molecule has 90 valence electrons. The minimum atomic E-state index is 0.476. The van der Waals surface area contributed by atoms with Gasteiger partial charge in [-0.15, -0.1) is 5.59 Å². The van der Waals surface area contributed by atoms with E-state index in [1.165, 1.54) is 0 Å². The first kappa shape index (κ1) is 12.1. The molecule has 0 aliphatic rings. The van der Waals surface area contributed by atoms with Crippen molar-refractivity contribution in [2.24, 2.45) is 0 Å². The van der Waals surface area contributed by atoms with Gasteiger partial charge in [-0.25, -0.2) is 0 Å². The van der Waals surface area contributed by atoms with E-state index in [1.54, 1.807) is 24.3 Å². The van der Waals surface area contributed by atoms with Crippen molar-refractivity contribution in [1.82, 2.24) is 5.59 Å². The second-order valence-corrected chi connectivity index (χ2v) is 3.69. The fraction of sp³-hybridized carbons (Fsp3) is 0.0714. The quantitative estimate of drug-likeness (QED) is 0.622. The minimum Gasteiger partial charge on any atom is -0.299 e. The van der Waals surface area contributed by atoms with Crippen LogP contribution in [0.1, 0.15) is 11.1 Å². The largest absolute Gasteiger partial charge is 0.299 e. The Hall–Kier alpha value is -2.35. The van der Waals surface area contributed by atoms with Gasteiger partial charge in [-0.05, 0) is 29.8 Å². The van der Waals surface area contributed by atoms with Crippen molar-refractivity contribution in [2.75, 3.05) is 5.43 Å². The summed E-state index contributed by atoms with van der Waals surface area (Å²) >= 11 is 0. The van der Waals surface area contributed by atoms with Crippen LogP contribution in [0.4, 0.5) is 5.69 Å². The smallest absolute Gasteiger partial charge is 0.0991 e. The summed E-state index contributed by atoms with van der Waals surface area (Å²) in [4.78, 5) is 5.25. The van der Waals surface area contributed by atoms with Crippen molar-refractivity contribution < 1.29 is 4.84 Å². The van der Waals surface area contributed by atoms with Crippen molar-refractivity contribution in [3.8, 4) is 6.07 Å². The first-order valence-electron chi connectivity index (χ1n) is 5.55. The Kier molecular flexibility index (Phi) is 4.31. The fourth-order valence-electron chi connectivity index (χ4n) is 1.42. The van der Waals surface area contributed by atoms with Crippen LogP contribution in [-0.4, -0.2) is 0 Å². The van der Waals surface area contributed by atoms with Crippen molar-refractivity contribution in [3.05, 3.63) is 65.7 Å². The highest BCUT2D eigenvalue weighted by Gasteiger charge is 1.93. The molecule has 2 rings (SSSR count). The van der Waals surface area contributed by atoms with E-state index in [-0.39, 0.29) is 0 Å². The van der Waals surface area contributed by atoms with Crippen molar-refractivity contribution in [3.63, 3.8) is 0 Å². The minimum absolute atomic E-state index is 0.476. The summed E-state index contributed by atoms with van der Waals surface area (Å²) in [7, 11) is 0. The van der Waals surface area contributed by atoms with Crippen LogP contribution in [0.2, 0.25) is 0 Å². The van der Waals surface area contributed by atoms with E-state index < -0.39 is 0 Å². The SMILES string of the molecule is N#Cc1ccc(NNOCc2ccccc2)cc1. The molecule has 0 aliphatic heterocycles. The number of hydrazine groups is 1. The average molecular weight is 239 g/mol. The van der Waals surface area contributed by atoms with Gasteiger partial charge in [0.1, 0.15) is 0 Å². The number of nitrogens with zero attached hydrogens (tertiary/aromatic N) is 1. The van der Waals surface area contributed by atoms with Gasteiger partial charge in [0.2, 0.25) is 0 Å². The zero-order valence-corrected chi connectivity index (χ0v) is 9.76. The summed E-state index contributed by atoms with van der Waals surface area (Å²) < 4.78 is 0. The molecular weight excluding hydrogens is 226 g/mol. The maximum Gasteiger partial charge on any atom is 0.0991 e. The standard InChI is InChI=1S/C14H13N3O/c15-10-12-6-8-14(9-7-12)16-17-18-11-13-4-2-1-3-5-13/h1-9,16-17H,11H2. The molecule has 0 spiro atoms. The van der Waals surface area contributed by atoms with Crippen LogP contribution < -0.4 is 11.0 Å². The molecule has 0 radical (unpaired) electrons. The summed E-state index contributed by atoms with van der Waals surface area (Å²) in [5.74, 6) is 0. The van der Waals surface area contributed by atoms with Crippen LogP contribution >= 0.6 is 0 Å². The zero-order chi connectivity index (χ0) is 12.6. The lowest BCUT2D eigenvalue weighted by Crippen LogP contribution is -2.21. The van der Waals surface area contributed by atoms with Crippen LogP contribution in [0.5, 0.6) is 0 Å². The van der Waals surface area contributed by atoms with Gasteiger partial charge in [0.25, 0.3) is 0 Å². The predicted octanol–water partition coefficient (Wildman–Crippen LogP) is 2.61. The highest BCUT2D eigenvalue weighted by atomic mass is 16.7. The Labute approximate surface area is 106 Å². The summed E-state index contributed by atoms with van der Waals surface area (Å²) in [6, 6.07) is 19.0. The third kappa shape index (κ3) is 3.59. The average Bonchev–Trinajstić information content (AvgIpc) is 2.45. The molecule has 0 atom stereocenters. The summed E-state index contributed by atoms with van der Waals surface area (Å²) in [5, 5.41) is 8.66. The Morgan fingerprint density at radius 1 is 1.00 bits per heavy atom. The van der Waals surface area contributed by atoms with Crippen molar-refractivity contribution >= 4 is 5.69 Å². The number of anilines is 1. The molecule has 0 saturated heterocycles. The highest BCUT2D eigenvalue weighted by Crippen LogP contribution is 2.07. The molecule has 18 heavy (non-hydrogen) atoms. The molecule has 0 saturated carbocycles. The van der Waals surface area contributed by atoms with E-state index in [0.29, 0.717) is 12.2 Å². The molecule has 0 fully saturated rings. The second-order valence-electron chi connectivity index (χ2n) is 3.69. The molecule has 0 heterocycles. The van der Waals surface area contributed by atoms with E-state index in [1.807, 2.05) is 30.3 Å². The Morgan fingerprint density at radius 3 is 2.39 bits per heavy atom. The first-order valence-corrected chi connectivity index (χ1v) is 5.55. The van der Waals surface area contributed by atoms with Gasteiger partial charge in [-0.3, -0.25) is 10.3 Å². The third-order valence-electron chi connectivity index (χ3n) is 2.36. The van der Waals surface area contributed by atoms with Crippen LogP contribution in [0.25, 0.3) is 0 Å². The molecule has 0 aliphatic carbocycles. The van der Waals surface area contributed by atoms with Crippen LogP contribution in [0.3, 0.4) is 0 Å². The van der Waals surface area contributed by atoms with E-state index in [0.717, 1.165) is 11.3 Å². The van der Waals surface area contributed by atoms with E-state index in [9.17, 15) is 0 Å². The highest BCUT2D eigenvalue weighted by molar-refractivity contribution is 5.46. The van der Waals surface area contributed by atoms with Gasteiger partial charge < -0.3 is 0 Å². The Bertz CT molecular complexity index is 517. The molecule has 2 N–H and O–H groups in total. The van der Waals surface area contributed by atoms with E-state index >= 15 is 0 Å². The molecule has 0 unspecified atom stereocenters. The number of nitriles is 1. The summed E-state index contributed by atoms with van der Waals surface area (Å²) in [5.41, 5.74) is 8.09. The number of benzene rings is 2. The summed E-state index contributed by atoms with van der Waals surface area (Å²) in [6.45, 7) is 0.476. The number of hydrogen-bond acceptors (Lipinski definition) is 4. The lowest BCUT2D eigenvalue weighted by Gasteiger charge is -2.08. The van der Waals surface area contributed by atoms with Crippen LogP contribution in [0.15, 0.2) is 54.6 Å². The first-order chi connectivity index (χ1) is 8.88. The van der Waals surface area contributed by atoms with Crippen LogP contribution in [0, 0.1) is 11.3 Å². The Balaban J connectivity index is 1.74. The van der Waals surface area contributed by atoms with Gasteiger partial charge in [0.15, 0.2) is 0 Å². The molecule has 0 amide bonds. The summed E-state index contributed by atoms with van der Waals surface area (Å²) in [6.07, 6.45) is 0. The number of hydrogen-bond donors (Lipinski definition) is 2. The number of rotatable bonds is 5. The van der Waals surface area contributed by atoms with Gasteiger partial charge in [-0.1, -0.05) is 30.3 Å². The topological polar surface area (TPSA) is 57.1 Å². The third-order valence-corrected chi connectivity index (χ3v) is 2.36. The molecule has 4 heteroatoms. The van der Waals surface area contributed by atoms with Gasteiger partial charge in [0, 0.05) is 0 Å². The molecular formula is C14H13N3O. The van der Waals surface area contributed by atoms with E-state index in [2.05, 4.69) is 17.1 Å². The maximum absolute atomic E-state index is 8.66. The molecule has 2 aromatic carbocycles. The fourth-order valence-corrected chi connectivity index (χ4v) is 1.42. The molecule has 4 nitrogen and oxygen atoms in total. The lowest BCUT2D eigenvalue weighted by atomic mass is 10.2. The maximum atomic E-state index is 8.66. The van der Waals surface area contributed by atoms with Gasteiger partial charge in [-0.2, -0.15) is 5.26 Å². The second kappa shape index (κ2) is 6.40. The Morgan fingerprint density at radius 2 is 1.72 bits per heavy atom. The van der Waals surface area contributed by atoms with Crippen LogP contribution in [-0.2, 0) is 11.4 Å². The van der Waals surface area contributed by atoms with Crippen molar-refractivity contribution in [2.45, 2.75) is 6.61 Å². The van der Waals surface area contributed by atoms with Crippen molar-refractivity contribution in [1.29, 1.82) is 5.26 Å². The van der Waals surface area contributed by atoms with Gasteiger partial charge in [0.05, 0.1) is 23.9 Å². The predicted molar refractivity (Wildman–Crippen MR) is 69.1 cm³/mol. The molecule has 0 aromatic heterocycles. The van der Waals surface area contributed by atoms with Gasteiger partial charge >= 0.3 is 0 Å². The number of nitrogens with one attached hydrogen (secondary N) is 2. The van der Waals surface area contributed by atoms with E-state index in [4.69, 9.17) is 10.1 Å². The molecule has 0 bridgehead atoms.